The first kappa shape index (κ1) is 6.98. The number of carbonyl (C=O) groups is 1. The molecular weight excluding hydrogens is 146 g/mol. The topological polar surface area (TPSA) is 40.1 Å². The van der Waals surface area contributed by atoms with Crippen molar-refractivity contribution in [1.29, 1.82) is 0 Å². The molecule has 0 rings (SSSR count). The van der Waals surface area contributed by atoms with Crippen molar-refractivity contribution in [2.24, 2.45) is 0 Å². The van der Waals surface area contributed by atoms with E-state index >= 15 is 0 Å². The number of halogens is 3. The Morgan fingerprint density at radius 1 is 1.71 bits per heavy atom. The van der Waals surface area contributed by atoms with Gasteiger partial charge in [0.15, 0.2) is 0 Å². The summed E-state index contributed by atoms with van der Waals surface area (Å²) in [6, 6.07) is 0. The zero-order valence-corrected chi connectivity index (χ0v) is 4.46. The molecule has 0 atom stereocenters. The van der Waals surface area contributed by atoms with Crippen molar-refractivity contribution in [3.63, 3.8) is 0 Å². The first-order valence-electron chi connectivity index (χ1n) is 1.23. The van der Waals surface area contributed by atoms with Crippen LogP contribution in [0.4, 0.5) is 4.39 Å². The number of carbonyl (C=O) groups excluding carboxylic acids is 1. The van der Waals surface area contributed by atoms with Crippen LogP contribution in [-0.4, -0.2) is 10.6 Å². The van der Waals surface area contributed by atoms with Crippen LogP contribution in [-0.2, 0) is 4.79 Å². The molecule has 0 radical (unpaired) electrons. The van der Waals surface area contributed by atoms with Gasteiger partial charge in [-0.2, -0.15) is 0 Å². The molecule has 0 saturated heterocycles. The Balaban J connectivity index is 3.79. The van der Waals surface area contributed by atoms with E-state index in [9.17, 15) is 14.3 Å². The van der Waals surface area contributed by atoms with E-state index in [1.54, 1.807) is 0 Å². The van der Waals surface area contributed by atoms with Crippen molar-refractivity contribution in [2.45, 2.75) is 4.59 Å². The first-order chi connectivity index (χ1) is 2.94. The Bertz CT molecular complexity index is 86.2. The minimum Gasteiger partial charge on any atom is -0.544 e. The number of alkyl halides is 3. The molecule has 0 aromatic carbocycles. The SMILES string of the molecule is O=C([O-])C(F)(Cl)Cl. The highest BCUT2D eigenvalue weighted by atomic mass is 35.5. The quantitative estimate of drug-likeness (QED) is 0.482. The maximum Gasteiger partial charge on any atom is 0.297 e. The van der Waals surface area contributed by atoms with E-state index in [1.807, 2.05) is 0 Å². The van der Waals surface area contributed by atoms with E-state index in [2.05, 4.69) is 23.2 Å². The van der Waals surface area contributed by atoms with Gasteiger partial charge in [0.1, 0.15) is 5.97 Å². The Morgan fingerprint density at radius 2 is 1.86 bits per heavy atom. The highest BCUT2D eigenvalue weighted by molar-refractivity contribution is 6.55. The molecule has 7 heavy (non-hydrogen) atoms. The summed E-state index contributed by atoms with van der Waals surface area (Å²) >= 11 is 8.61. The monoisotopic (exact) mass is 145 g/mol. The van der Waals surface area contributed by atoms with Crippen LogP contribution in [0, 0.1) is 0 Å². The molecule has 0 bridgehead atoms. The van der Waals surface area contributed by atoms with Gasteiger partial charge in [-0.05, 0) is 0 Å². The molecule has 0 spiro atoms. The van der Waals surface area contributed by atoms with Gasteiger partial charge >= 0.3 is 0 Å². The van der Waals surface area contributed by atoms with E-state index in [1.165, 1.54) is 0 Å². The normalized spacial score (nSPS) is 11.3. The second-order valence-electron chi connectivity index (χ2n) is 0.785. The standard InChI is InChI=1S/C2HCl2FO2/c3-2(4,5)1(6)7/h(H,6,7)/p-1. The lowest BCUT2D eigenvalue weighted by molar-refractivity contribution is -0.310. The minimum atomic E-state index is -3.25. The fraction of sp³-hybridized carbons (Fsp3) is 0.500. The summed E-state index contributed by atoms with van der Waals surface area (Å²) in [5.41, 5.74) is 0. The van der Waals surface area contributed by atoms with Gasteiger partial charge in [0.2, 0.25) is 0 Å². The van der Waals surface area contributed by atoms with Crippen molar-refractivity contribution >= 4 is 29.2 Å². The average Bonchev–Trinajstić information content (AvgIpc) is 1.31. The summed E-state index contributed by atoms with van der Waals surface area (Å²) in [7, 11) is 0. The molecule has 0 N–H and O–H groups in total. The van der Waals surface area contributed by atoms with Crippen LogP contribution in [0.15, 0.2) is 0 Å². The predicted molar refractivity (Wildman–Crippen MR) is 20.6 cm³/mol. The molecule has 0 aliphatic rings. The van der Waals surface area contributed by atoms with Gasteiger partial charge < -0.3 is 9.90 Å². The van der Waals surface area contributed by atoms with Crippen molar-refractivity contribution in [3.8, 4) is 0 Å². The van der Waals surface area contributed by atoms with Crippen LogP contribution in [0.2, 0.25) is 0 Å². The van der Waals surface area contributed by atoms with Crippen LogP contribution >= 0.6 is 23.2 Å². The van der Waals surface area contributed by atoms with Crippen LogP contribution < -0.4 is 5.11 Å². The Morgan fingerprint density at radius 3 is 1.86 bits per heavy atom. The van der Waals surface area contributed by atoms with Gasteiger partial charge in [-0.1, -0.05) is 23.2 Å². The molecule has 0 fully saturated rings. The molecule has 0 unspecified atom stereocenters. The number of carboxylic acids is 1. The van der Waals surface area contributed by atoms with Gasteiger partial charge in [-0.25, -0.2) is 4.39 Å². The largest absolute Gasteiger partial charge is 0.544 e. The summed E-state index contributed by atoms with van der Waals surface area (Å²) in [4.78, 5) is 9.27. The third kappa shape index (κ3) is 2.65. The van der Waals surface area contributed by atoms with Crippen LogP contribution in [0.3, 0.4) is 0 Å². The van der Waals surface area contributed by atoms with Crippen LogP contribution in [0.1, 0.15) is 0 Å². The molecule has 42 valence electrons. The molecule has 0 aromatic heterocycles. The zero-order valence-electron chi connectivity index (χ0n) is 2.95. The minimum absolute atomic E-state index is 2.14. The molecular formula is C2Cl2FO2-. The number of hydrogen-bond donors (Lipinski definition) is 0. The highest BCUT2D eigenvalue weighted by Gasteiger charge is 2.23. The van der Waals surface area contributed by atoms with Gasteiger partial charge in [-0.3, -0.25) is 0 Å². The van der Waals surface area contributed by atoms with Gasteiger partial charge in [0.25, 0.3) is 4.59 Å². The number of carboxylic acid groups (broad SMARTS) is 1. The number of rotatable bonds is 1. The lowest BCUT2D eigenvalue weighted by Crippen LogP contribution is -2.36. The molecule has 2 nitrogen and oxygen atoms in total. The van der Waals surface area contributed by atoms with E-state index in [-0.39, 0.29) is 0 Å². The highest BCUT2D eigenvalue weighted by Crippen LogP contribution is 2.20. The molecule has 0 aliphatic heterocycles. The number of aliphatic carboxylic acids is 1. The molecule has 0 saturated carbocycles. The first-order valence-corrected chi connectivity index (χ1v) is 1.98. The Hall–Kier alpha value is -0.0200. The predicted octanol–water partition coefficient (Wildman–Crippen LogP) is -0.163. The Labute approximate surface area is 48.8 Å². The van der Waals surface area contributed by atoms with Gasteiger partial charge in [-0.15, -0.1) is 0 Å². The molecule has 0 heterocycles. The summed E-state index contributed by atoms with van der Waals surface area (Å²) in [5, 5.41) is 9.27. The summed E-state index contributed by atoms with van der Waals surface area (Å²) in [6.45, 7) is 0. The molecule has 0 aliphatic carbocycles. The second-order valence-corrected chi connectivity index (χ2v) is 2.02. The zero-order chi connectivity index (χ0) is 6.08. The third-order valence-corrected chi connectivity index (χ3v) is 0.540. The van der Waals surface area contributed by atoms with E-state index in [4.69, 9.17) is 0 Å². The summed E-state index contributed by atoms with van der Waals surface area (Å²) < 4.78 is 8.13. The maximum absolute atomic E-state index is 11.4. The van der Waals surface area contributed by atoms with E-state index in [0.29, 0.717) is 0 Å². The van der Waals surface area contributed by atoms with Crippen molar-refractivity contribution in [2.75, 3.05) is 0 Å². The molecule has 0 aromatic rings. The molecule has 5 heteroatoms. The van der Waals surface area contributed by atoms with Crippen molar-refractivity contribution in [1.82, 2.24) is 0 Å². The fourth-order valence-corrected chi connectivity index (χ4v) is 0. The van der Waals surface area contributed by atoms with Crippen molar-refractivity contribution in [3.05, 3.63) is 0 Å². The molecule has 0 amide bonds. The second kappa shape index (κ2) is 1.84. The fourth-order valence-electron chi connectivity index (χ4n) is 0. The van der Waals surface area contributed by atoms with Crippen molar-refractivity contribution < 1.29 is 14.3 Å². The van der Waals surface area contributed by atoms with Crippen LogP contribution in [0.5, 0.6) is 0 Å². The Kier molecular flexibility index (Phi) is 1.83. The lowest BCUT2D eigenvalue weighted by atomic mass is 10.8. The lowest BCUT2D eigenvalue weighted by Gasteiger charge is -2.07. The smallest absolute Gasteiger partial charge is 0.297 e. The van der Waals surface area contributed by atoms with E-state index < -0.39 is 10.6 Å². The maximum atomic E-state index is 11.4. The van der Waals surface area contributed by atoms with E-state index in [0.717, 1.165) is 0 Å². The number of hydrogen-bond acceptors (Lipinski definition) is 2. The average molecular weight is 146 g/mol. The third-order valence-electron chi connectivity index (χ3n) is 0.231. The van der Waals surface area contributed by atoms with Crippen LogP contribution in [0.25, 0.3) is 0 Å². The summed E-state index contributed by atoms with van der Waals surface area (Å²) in [5.74, 6) is -2.14. The summed E-state index contributed by atoms with van der Waals surface area (Å²) in [6.07, 6.45) is 0. The van der Waals surface area contributed by atoms with Gasteiger partial charge in [0.05, 0.1) is 0 Å². The van der Waals surface area contributed by atoms with Gasteiger partial charge in [0, 0.05) is 0 Å².